The molecule has 0 bridgehead atoms. The van der Waals surface area contributed by atoms with E-state index < -0.39 is 0 Å². The van der Waals surface area contributed by atoms with Gasteiger partial charge in [0.05, 0.1) is 6.54 Å². The zero-order chi connectivity index (χ0) is 12.4. The van der Waals surface area contributed by atoms with Gasteiger partial charge in [0.1, 0.15) is 5.82 Å². The lowest BCUT2D eigenvalue weighted by Gasteiger charge is -2.31. The maximum Gasteiger partial charge on any atom is 0.239 e. The van der Waals surface area contributed by atoms with Gasteiger partial charge in [0.25, 0.3) is 0 Å². The van der Waals surface area contributed by atoms with Gasteiger partial charge in [-0.05, 0) is 30.7 Å². The Kier molecular flexibility index (Phi) is 3.28. The highest BCUT2D eigenvalue weighted by atomic mass is 19.1. The van der Waals surface area contributed by atoms with E-state index in [9.17, 15) is 9.18 Å². The third kappa shape index (κ3) is 2.55. The van der Waals surface area contributed by atoms with Crippen molar-refractivity contribution in [1.29, 1.82) is 0 Å². The van der Waals surface area contributed by atoms with E-state index in [1.165, 1.54) is 12.1 Å². The Balaban J connectivity index is 2.33. The molecular weight excluding hydrogens is 221 g/mol. The Morgan fingerprint density at radius 1 is 1.53 bits per heavy atom. The first kappa shape index (κ1) is 11.9. The molecule has 1 amide bonds. The standard InChI is InChI=1S/C12H16FN3O/c1-8(14)10-6-9(13)2-3-11(10)16-5-4-15-12(17)7-16/h2-3,6,8H,4-5,7,14H2,1H3,(H,15,17)/t8-/m1/s1. The number of rotatable bonds is 2. The van der Waals surface area contributed by atoms with Crippen LogP contribution >= 0.6 is 0 Å². The fourth-order valence-corrected chi connectivity index (χ4v) is 2.02. The van der Waals surface area contributed by atoms with E-state index in [4.69, 9.17) is 5.73 Å². The molecule has 1 atom stereocenters. The summed E-state index contributed by atoms with van der Waals surface area (Å²) in [6.07, 6.45) is 0. The van der Waals surface area contributed by atoms with Crippen LogP contribution in [0, 0.1) is 5.82 Å². The van der Waals surface area contributed by atoms with Crippen LogP contribution in [0.25, 0.3) is 0 Å². The molecule has 0 aliphatic carbocycles. The van der Waals surface area contributed by atoms with Crippen molar-refractivity contribution in [3.05, 3.63) is 29.6 Å². The molecule has 1 aromatic rings. The van der Waals surface area contributed by atoms with Gasteiger partial charge in [0.15, 0.2) is 0 Å². The Hall–Kier alpha value is -1.62. The van der Waals surface area contributed by atoms with Gasteiger partial charge < -0.3 is 16.0 Å². The van der Waals surface area contributed by atoms with E-state index in [2.05, 4.69) is 5.32 Å². The van der Waals surface area contributed by atoms with Gasteiger partial charge in [-0.1, -0.05) is 0 Å². The van der Waals surface area contributed by atoms with E-state index >= 15 is 0 Å². The van der Waals surface area contributed by atoms with Crippen LogP contribution in [0.15, 0.2) is 18.2 Å². The number of benzene rings is 1. The lowest BCUT2D eigenvalue weighted by atomic mass is 10.0. The van der Waals surface area contributed by atoms with Crippen molar-refractivity contribution >= 4 is 11.6 Å². The molecule has 1 heterocycles. The summed E-state index contributed by atoms with van der Waals surface area (Å²) < 4.78 is 13.2. The van der Waals surface area contributed by atoms with Crippen LogP contribution < -0.4 is 16.0 Å². The Bertz CT molecular complexity index is 434. The van der Waals surface area contributed by atoms with Crippen molar-refractivity contribution in [3.8, 4) is 0 Å². The van der Waals surface area contributed by atoms with Crippen LogP contribution in [0.3, 0.4) is 0 Å². The van der Waals surface area contributed by atoms with Gasteiger partial charge in [-0.2, -0.15) is 0 Å². The predicted molar refractivity (Wildman–Crippen MR) is 64.2 cm³/mol. The second kappa shape index (κ2) is 4.71. The van der Waals surface area contributed by atoms with Crippen LogP contribution in [-0.4, -0.2) is 25.5 Å². The van der Waals surface area contributed by atoms with Crippen LogP contribution in [-0.2, 0) is 4.79 Å². The number of hydrogen-bond donors (Lipinski definition) is 2. The number of hydrogen-bond acceptors (Lipinski definition) is 3. The lowest BCUT2D eigenvalue weighted by Crippen LogP contribution is -2.48. The number of halogens is 1. The molecular formula is C12H16FN3O. The van der Waals surface area contributed by atoms with Crippen molar-refractivity contribution in [3.63, 3.8) is 0 Å². The van der Waals surface area contributed by atoms with E-state index in [0.717, 1.165) is 17.8 Å². The summed E-state index contributed by atoms with van der Waals surface area (Å²) in [4.78, 5) is 13.3. The van der Waals surface area contributed by atoms with E-state index in [0.29, 0.717) is 13.1 Å². The molecule has 2 rings (SSSR count). The molecule has 1 aliphatic rings. The Morgan fingerprint density at radius 3 is 2.94 bits per heavy atom. The molecule has 0 aromatic heterocycles. The highest BCUT2D eigenvalue weighted by Gasteiger charge is 2.20. The zero-order valence-corrected chi connectivity index (χ0v) is 9.74. The average molecular weight is 237 g/mol. The van der Waals surface area contributed by atoms with Crippen molar-refractivity contribution in [2.24, 2.45) is 5.73 Å². The number of anilines is 1. The molecule has 0 unspecified atom stereocenters. The quantitative estimate of drug-likeness (QED) is 0.799. The number of piperazine rings is 1. The summed E-state index contributed by atoms with van der Waals surface area (Å²) in [5.41, 5.74) is 7.41. The molecule has 92 valence electrons. The average Bonchev–Trinajstić information content (AvgIpc) is 2.28. The second-order valence-corrected chi connectivity index (χ2v) is 4.26. The second-order valence-electron chi connectivity index (χ2n) is 4.26. The van der Waals surface area contributed by atoms with Gasteiger partial charge in [-0.15, -0.1) is 0 Å². The Morgan fingerprint density at radius 2 is 2.29 bits per heavy atom. The molecule has 3 N–H and O–H groups in total. The minimum atomic E-state index is -0.303. The van der Waals surface area contributed by atoms with E-state index in [-0.39, 0.29) is 17.8 Å². The zero-order valence-electron chi connectivity index (χ0n) is 9.74. The first-order chi connectivity index (χ1) is 8.08. The largest absolute Gasteiger partial charge is 0.360 e. The highest BCUT2D eigenvalue weighted by molar-refractivity contribution is 5.83. The highest BCUT2D eigenvalue weighted by Crippen LogP contribution is 2.26. The number of nitrogens with one attached hydrogen (secondary N) is 1. The molecule has 4 nitrogen and oxygen atoms in total. The molecule has 17 heavy (non-hydrogen) atoms. The predicted octanol–water partition coefficient (Wildman–Crippen LogP) is 0.782. The number of nitrogens with two attached hydrogens (primary N) is 1. The monoisotopic (exact) mass is 237 g/mol. The van der Waals surface area contributed by atoms with Crippen LogP contribution in [0.5, 0.6) is 0 Å². The normalized spacial score (nSPS) is 17.8. The third-order valence-corrected chi connectivity index (χ3v) is 2.86. The molecule has 1 aliphatic heterocycles. The number of carbonyl (C=O) groups is 1. The maximum atomic E-state index is 13.2. The molecule has 1 aromatic carbocycles. The summed E-state index contributed by atoms with van der Waals surface area (Å²) >= 11 is 0. The van der Waals surface area contributed by atoms with E-state index in [1.54, 1.807) is 6.07 Å². The maximum absolute atomic E-state index is 13.2. The van der Waals surface area contributed by atoms with E-state index in [1.807, 2.05) is 11.8 Å². The van der Waals surface area contributed by atoms with Gasteiger partial charge >= 0.3 is 0 Å². The van der Waals surface area contributed by atoms with Gasteiger partial charge in [-0.25, -0.2) is 4.39 Å². The van der Waals surface area contributed by atoms with Gasteiger partial charge in [-0.3, -0.25) is 4.79 Å². The molecule has 5 heteroatoms. The smallest absolute Gasteiger partial charge is 0.239 e. The topological polar surface area (TPSA) is 58.4 Å². The van der Waals surface area contributed by atoms with Crippen LogP contribution in [0.2, 0.25) is 0 Å². The molecule has 0 radical (unpaired) electrons. The van der Waals surface area contributed by atoms with Crippen molar-refractivity contribution in [2.75, 3.05) is 24.5 Å². The SMILES string of the molecule is C[C@@H](N)c1cc(F)ccc1N1CCNC(=O)C1. The van der Waals surface area contributed by atoms with Crippen molar-refractivity contribution in [1.82, 2.24) is 5.32 Å². The fraction of sp³-hybridized carbons (Fsp3) is 0.417. The summed E-state index contributed by atoms with van der Waals surface area (Å²) in [6.45, 7) is 3.43. The summed E-state index contributed by atoms with van der Waals surface area (Å²) in [5, 5.41) is 2.76. The van der Waals surface area contributed by atoms with Crippen LogP contribution in [0.4, 0.5) is 10.1 Å². The number of carbonyl (C=O) groups excluding carboxylic acids is 1. The number of nitrogens with zero attached hydrogens (tertiary/aromatic N) is 1. The van der Waals surface area contributed by atoms with Crippen LogP contribution in [0.1, 0.15) is 18.5 Å². The summed E-state index contributed by atoms with van der Waals surface area (Å²) in [7, 11) is 0. The fourth-order valence-electron chi connectivity index (χ4n) is 2.02. The van der Waals surface area contributed by atoms with Crippen molar-refractivity contribution < 1.29 is 9.18 Å². The minimum absolute atomic E-state index is 0.0174. The molecule has 1 saturated heterocycles. The lowest BCUT2D eigenvalue weighted by molar-refractivity contribution is -0.120. The van der Waals surface area contributed by atoms with Crippen molar-refractivity contribution in [2.45, 2.75) is 13.0 Å². The molecule has 0 saturated carbocycles. The summed E-state index contributed by atoms with van der Waals surface area (Å²) in [5.74, 6) is -0.321. The molecule has 0 spiro atoms. The van der Waals surface area contributed by atoms with Gasteiger partial charge in [0.2, 0.25) is 5.91 Å². The van der Waals surface area contributed by atoms with Gasteiger partial charge in [0, 0.05) is 24.8 Å². The summed E-state index contributed by atoms with van der Waals surface area (Å²) in [6, 6.07) is 4.26. The first-order valence-corrected chi connectivity index (χ1v) is 5.64. The Labute approximate surface area is 99.6 Å². The number of amides is 1. The first-order valence-electron chi connectivity index (χ1n) is 5.64. The third-order valence-electron chi connectivity index (χ3n) is 2.86. The minimum Gasteiger partial charge on any atom is -0.360 e. The molecule has 1 fully saturated rings.